The lowest BCUT2D eigenvalue weighted by atomic mass is 10.1. The summed E-state index contributed by atoms with van der Waals surface area (Å²) in [7, 11) is 0. The maximum Gasteiger partial charge on any atom is 0.412 e. The van der Waals surface area contributed by atoms with Gasteiger partial charge in [0.15, 0.2) is 11.4 Å². The normalized spacial score (nSPS) is 20.4. The van der Waals surface area contributed by atoms with E-state index in [-0.39, 0.29) is 29.8 Å². The summed E-state index contributed by atoms with van der Waals surface area (Å²) < 4.78 is 24.4. The maximum absolute atomic E-state index is 13.9. The number of halogens is 1. The van der Waals surface area contributed by atoms with Gasteiger partial charge in [0.05, 0.1) is 27.6 Å². The monoisotopic (exact) mass is 505 g/mol. The Morgan fingerprint density at radius 2 is 2.11 bits per heavy atom. The van der Waals surface area contributed by atoms with Crippen LogP contribution >= 0.6 is 11.3 Å². The molecule has 2 aromatic carbocycles. The summed E-state index contributed by atoms with van der Waals surface area (Å²) >= 11 is 1.52. The fourth-order valence-corrected chi connectivity index (χ4v) is 6.08. The van der Waals surface area contributed by atoms with Crippen molar-refractivity contribution in [3.8, 4) is 16.2 Å². The average Bonchev–Trinajstić information content (AvgIpc) is 3.19. The van der Waals surface area contributed by atoms with Crippen LogP contribution in [-0.4, -0.2) is 41.0 Å². The molecular weight excluding hydrogens is 481 g/mol. The van der Waals surface area contributed by atoms with Gasteiger partial charge >= 0.3 is 6.09 Å². The zero-order chi connectivity index (χ0) is 25.0. The molecule has 0 spiro atoms. The molecule has 1 aliphatic heterocycles. The molecule has 184 valence electrons. The number of amides is 2. The van der Waals surface area contributed by atoms with Crippen molar-refractivity contribution in [2.45, 2.75) is 26.3 Å². The minimum Gasteiger partial charge on any atom is -0.461 e. The van der Waals surface area contributed by atoms with E-state index in [4.69, 9.17) is 9.15 Å². The molecule has 2 amide bonds. The lowest BCUT2D eigenvalue weighted by Crippen LogP contribution is -2.46. The summed E-state index contributed by atoms with van der Waals surface area (Å²) in [6.07, 6.45) is 1.73. The van der Waals surface area contributed by atoms with Crippen molar-refractivity contribution in [1.29, 1.82) is 0 Å². The minimum absolute atomic E-state index is 0.0386. The number of carbonyl (C=O) groups excluding carboxylic acids is 2. The Balaban J connectivity index is 1.18. The number of hydrogen-bond donors (Lipinski definition) is 1. The van der Waals surface area contributed by atoms with Crippen LogP contribution in [0.25, 0.3) is 21.4 Å². The van der Waals surface area contributed by atoms with E-state index in [1.54, 1.807) is 6.07 Å². The quantitative estimate of drug-likeness (QED) is 0.384. The highest BCUT2D eigenvalue weighted by Crippen LogP contribution is 2.50. The summed E-state index contributed by atoms with van der Waals surface area (Å²) in [6.45, 7) is 4.85. The summed E-state index contributed by atoms with van der Waals surface area (Å²) in [5.74, 6) is 0.373. The first-order chi connectivity index (χ1) is 17.4. The number of fused-ring (bicyclic) bond motifs is 2. The lowest BCUT2D eigenvalue weighted by Gasteiger charge is -2.27. The van der Waals surface area contributed by atoms with Crippen molar-refractivity contribution < 1.29 is 23.1 Å². The molecule has 0 radical (unpaired) electrons. The minimum atomic E-state index is -0.662. The van der Waals surface area contributed by atoms with E-state index in [1.807, 2.05) is 36.9 Å². The first kappa shape index (κ1) is 22.7. The third-order valence-corrected chi connectivity index (χ3v) is 7.99. The van der Waals surface area contributed by atoms with Crippen LogP contribution in [0.4, 0.5) is 9.18 Å². The molecule has 9 heteroatoms. The van der Waals surface area contributed by atoms with Gasteiger partial charge in [-0.25, -0.2) is 14.2 Å². The fourth-order valence-electron chi connectivity index (χ4n) is 5.17. The number of thiazole rings is 1. The van der Waals surface area contributed by atoms with Gasteiger partial charge in [0, 0.05) is 13.1 Å². The highest BCUT2D eigenvalue weighted by atomic mass is 32.1. The molecule has 36 heavy (non-hydrogen) atoms. The van der Waals surface area contributed by atoms with E-state index in [9.17, 15) is 14.0 Å². The SMILES string of the molecule is Cc1cccc(-c2sc(C)nc2C(=O)N2C[C@@H]3C[C@@H]3[C@H]2CNC(=O)Oc2ccc(F)c3occc23)c1. The van der Waals surface area contributed by atoms with Gasteiger partial charge in [-0.05, 0) is 55.9 Å². The first-order valence-electron chi connectivity index (χ1n) is 11.9. The summed E-state index contributed by atoms with van der Waals surface area (Å²) in [6, 6.07) is 12.1. The molecular formula is C27H24FN3O4S. The zero-order valence-corrected chi connectivity index (χ0v) is 20.6. The zero-order valence-electron chi connectivity index (χ0n) is 19.8. The Morgan fingerprint density at radius 3 is 2.94 bits per heavy atom. The molecule has 2 aliphatic rings. The number of hydrogen-bond acceptors (Lipinski definition) is 6. The van der Waals surface area contributed by atoms with Gasteiger partial charge in [-0.2, -0.15) is 0 Å². The number of ether oxygens (including phenoxy) is 1. The molecule has 1 N–H and O–H groups in total. The van der Waals surface area contributed by atoms with E-state index in [0.29, 0.717) is 29.5 Å². The van der Waals surface area contributed by atoms with E-state index in [0.717, 1.165) is 27.4 Å². The number of nitrogens with zero attached hydrogens (tertiary/aromatic N) is 2. The van der Waals surface area contributed by atoms with Crippen LogP contribution in [0.3, 0.4) is 0 Å². The number of nitrogens with one attached hydrogen (secondary N) is 1. The van der Waals surface area contributed by atoms with Gasteiger partial charge in [0.2, 0.25) is 0 Å². The van der Waals surface area contributed by atoms with Crippen molar-refractivity contribution in [1.82, 2.24) is 15.2 Å². The second-order valence-corrected chi connectivity index (χ2v) is 10.6. The van der Waals surface area contributed by atoms with Gasteiger partial charge in [-0.15, -0.1) is 11.3 Å². The van der Waals surface area contributed by atoms with Gasteiger partial charge in [0.25, 0.3) is 5.91 Å². The second kappa shape index (κ2) is 8.74. The molecule has 0 bridgehead atoms. The van der Waals surface area contributed by atoms with Crippen LogP contribution in [0.15, 0.2) is 53.1 Å². The maximum atomic E-state index is 13.9. The molecule has 0 unspecified atom stereocenters. The van der Waals surface area contributed by atoms with Gasteiger partial charge in [-0.3, -0.25) is 4.79 Å². The molecule has 6 rings (SSSR count). The van der Waals surface area contributed by atoms with Crippen LogP contribution in [0.1, 0.15) is 27.5 Å². The fraction of sp³-hybridized carbons (Fsp3) is 0.296. The summed E-state index contributed by atoms with van der Waals surface area (Å²) in [5.41, 5.74) is 2.60. The van der Waals surface area contributed by atoms with Crippen LogP contribution < -0.4 is 10.1 Å². The smallest absolute Gasteiger partial charge is 0.412 e. The predicted octanol–water partition coefficient (Wildman–Crippen LogP) is 5.56. The standard InChI is InChI=1S/C27H24FN3O4S/c1-14-4-3-5-16(10-14)25-23(30-15(2)36-25)26(32)31-13-17-11-19(17)21(31)12-29-27(33)35-22-7-6-20(28)24-18(22)8-9-34-24/h3-10,17,19,21H,11-13H2,1-2H3,(H,29,33)/t17-,19-,21+/m0/s1. The predicted molar refractivity (Wildman–Crippen MR) is 134 cm³/mol. The summed E-state index contributed by atoms with van der Waals surface area (Å²) in [4.78, 5) is 33.6. The molecule has 2 aromatic heterocycles. The van der Waals surface area contributed by atoms with Crippen molar-refractivity contribution in [2.75, 3.05) is 13.1 Å². The Hall–Kier alpha value is -3.72. The molecule has 1 aliphatic carbocycles. The van der Waals surface area contributed by atoms with Gasteiger partial charge < -0.3 is 19.4 Å². The Labute approximate surface area is 210 Å². The van der Waals surface area contributed by atoms with Crippen molar-refractivity contribution >= 4 is 34.3 Å². The lowest BCUT2D eigenvalue weighted by molar-refractivity contribution is 0.0700. The molecule has 1 saturated heterocycles. The largest absolute Gasteiger partial charge is 0.461 e. The number of rotatable bonds is 5. The van der Waals surface area contributed by atoms with Crippen LogP contribution in [0, 0.1) is 31.5 Å². The Bertz CT molecular complexity index is 1500. The number of aryl methyl sites for hydroxylation is 2. The van der Waals surface area contributed by atoms with Crippen molar-refractivity contribution in [3.63, 3.8) is 0 Å². The number of benzene rings is 2. The third-order valence-electron chi connectivity index (χ3n) is 6.97. The van der Waals surface area contributed by atoms with Crippen LogP contribution in [0.5, 0.6) is 5.75 Å². The topological polar surface area (TPSA) is 84.7 Å². The van der Waals surface area contributed by atoms with Crippen LogP contribution in [0.2, 0.25) is 0 Å². The highest BCUT2D eigenvalue weighted by Gasteiger charge is 2.54. The van der Waals surface area contributed by atoms with Crippen LogP contribution in [-0.2, 0) is 0 Å². The number of likely N-dealkylation sites (tertiary alicyclic amines) is 1. The Morgan fingerprint density at radius 1 is 1.25 bits per heavy atom. The first-order valence-corrected chi connectivity index (χ1v) is 12.7. The molecule has 4 aromatic rings. The number of piperidine rings is 1. The number of aromatic nitrogens is 1. The van der Waals surface area contributed by atoms with E-state index < -0.39 is 11.9 Å². The summed E-state index contributed by atoms with van der Waals surface area (Å²) in [5, 5.41) is 4.02. The third kappa shape index (κ3) is 4.03. The van der Waals surface area contributed by atoms with Crippen molar-refractivity contribution in [3.05, 3.63) is 70.8 Å². The van der Waals surface area contributed by atoms with E-state index >= 15 is 0 Å². The molecule has 7 nitrogen and oxygen atoms in total. The Kier molecular flexibility index (Phi) is 5.52. The molecule has 2 fully saturated rings. The number of carbonyl (C=O) groups is 2. The highest BCUT2D eigenvalue weighted by molar-refractivity contribution is 7.15. The molecule has 1 saturated carbocycles. The van der Waals surface area contributed by atoms with Gasteiger partial charge in [0.1, 0.15) is 11.4 Å². The van der Waals surface area contributed by atoms with E-state index in [2.05, 4.69) is 16.4 Å². The van der Waals surface area contributed by atoms with E-state index in [1.165, 1.54) is 29.7 Å². The average molecular weight is 506 g/mol. The molecule has 3 atom stereocenters. The van der Waals surface area contributed by atoms with Gasteiger partial charge in [-0.1, -0.05) is 29.8 Å². The molecule has 3 heterocycles. The van der Waals surface area contributed by atoms with Crippen molar-refractivity contribution in [2.24, 2.45) is 11.8 Å². The number of furan rings is 1. The second-order valence-electron chi connectivity index (χ2n) is 9.44.